The molecule has 1 N–H and O–H groups in total. The summed E-state index contributed by atoms with van der Waals surface area (Å²) >= 11 is 3.26. The Bertz CT molecular complexity index is 450. The van der Waals surface area contributed by atoms with Crippen molar-refractivity contribution in [2.24, 2.45) is 5.92 Å². The molecule has 0 bridgehead atoms. The maximum Gasteiger partial charge on any atom is 0.310 e. The molecule has 2 atom stereocenters. The third kappa shape index (κ3) is 2.26. The molecular formula is C11H9BrF2O3. The summed E-state index contributed by atoms with van der Waals surface area (Å²) in [6, 6.07) is 4.95. The lowest BCUT2D eigenvalue weighted by molar-refractivity contribution is -0.150. The predicted octanol–water partition coefficient (Wildman–Crippen LogP) is 2.72. The van der Waals surface area contributed by atoms with Crippen LogP contribution in [0.3, 0.4) is 0 Å². The van der Waals surface area contributed by atoms with Crippen LogP contribution in [0.4, 0.5) is 8.78 Å². The van der Waals surface area contributed by atoms with Crippen molar-refractivity contribution in [3.05, 3.63) is 28.2 Å². The van der Waals surface area contributed by atoms with Crippen LogP contribution in [0.1, 0.15) is 5.56 Å². The number of carboxylic acids is 1. The van der Waals surface area contributed by atoms with Gasteiger partial charge in [0.15, 0.2) is 6.10 Å². The average molecular weight is 307 g/mol. The first kappa shape index (κ1) is 12.3. The quantitative estimate of drug-likeness (QED) is 0.914. The topological polar surface area (TPSA) is 46.5 Å². The number of carbonyl (C=O) groups is 1. The first-order valence-electron chi connectivity index (χ1n) is 4.95. The van der Waals surface area contributed by atoms with Crippen LogP contribution in [0.2, 0.25) is 0 Å². The molecule has 92 valence electrons. The van der Waals surface area contributed by atoms with E-state index in [1.807, 2.05) is 0 Å². The standard InChI is InChI=1S/C11H9BrF2O3/c12-7-2-1-3-8-5(7)4-6(11(15)16)9(17-8)10(13)14/h1-3,6,9-10H,4H2,(H,15,16). The monoisotopic (exact) mass is 306 g/mol. The highest BCUT2D eigenvalue weighted by Gasteiger charge is 2.41. The van der Waals surface area contributed by atoms with Crippen molar-refractivity contribution in [1.82, 2.24) is 0 Å². The van der Waals surface area contributed by atoms with Gasteiger partial charge >= 0.3 is 5.97 Å². The van der Waals surface area contributed by atoms with Crippen molar-refractivity contribution in [3.8, 4) is 5.75 Å². The summed E-state index contributed by atoms with van der Waals surface area (Å²) in [4.78, 5) is 11.0. The summed E-state index contributed by atoms with van der Waals surface area (Å²) in [5, 5.41) is 8.95. The zero-order valence-corrected chi connectivity index (χ0v) is 10.2. The van der Waals surface area contributed by atoms with Gasteiger partial charge in [-0.05, 0) is 18.6 Å². The van der Waals surface area contributed by atoms with Crippen LogP contribution in [0.25, 0.3) is 0 Å². The lowest BCUT2D eigenvalue weighted by Crippen LogP contribution is -2.42. The molecule has 17 heavy (non-hydrogen) atoms. The average Bonchev–Trinajstić information content (AvgIpc) is 2.27. The second kappa shape index (κ2) is 4.60. The Morgan fingerprint density at radius 3 is 2.82 bits per heavy atom. The third-order valence-corrected chi connectivity index (χ3v) is 3.47. The Kier molecular flexibility index (Phi) is 3.33. The van der Waals surface area contributed by atoms with Crippen LogP contribution in [0.15, 0.2) is 22.7 Å². The molecule has 1 heterocycles. The number of rotatable bonds is 2. The van der Waals surface area contributed by atoms with Crippen molar-refractivity contribution in [1.29, 1.82) is 0 Å². The summed E-state index contributed by atoms with van der Waals surface area (Å²) in [5.74, 6) is -2.17. The molecule has 1 aliphatic rings. The van der Waals surface area contributed by atoms with E-state index in [0.29, 0.717) is 15.8 Å². The summed E-state index contributed by atoms with van der Waals surface area (Å²) in [6.07, 6.45) is -4.36. The second-order valence-corrected chi connectivity index (χ2v) is 4.64. The van der Waals surface area contributed by atoms with Gasteiger partial charge in [-0.2, -0.15) is 0 Å². The molecule has 2 rings (SSSR count). The highest BCUT2D eigenvalue weighted by atomic mass is 79.9. The number of aliphatic carboxylic acids is 1. The van der Waals surface area contributed by atoms with Crippen LogP contribution in [0, 0.1) is 5.92 Å². The number of ether oxygens (including phenoxy) is 1. The number of fused-ring (bicyclic) bond motifs is 1. The number of benzene rings is 1. The van der Waals surface area contributed by atoms with Gasteiger partial charge in [0.25, 0.3) is 6.43 Å². The molecule has 0 aliphatic carbocycles. The van der Waals surface area contributed by atoms with Gasteiger partial charge in [0.1, 0.15) is 11.7 Å². The van der Waals surface area contributed by atoms with Crippen LogP contribution < -0.4 is 4.74 Å². The van der Waals surface area contributed by atoms with E-state index in [0.717, 1.165) is 0 Å². The van der Waals surface area contributed by atoms with Crippen molar-refractivity contribution < 1.29 is 23.4 Å². The van der Waals surface area contributed by atoms with Crippen LogP contribution in [-0.2, 0) is 11.2 Å². The Morgan fingerprint density at radius 1 is 1.53 bits per heavy atom. The van der Waals surface area contributed by atoms with Crippen LogP contribution >= 0.6 is 15.9 Å². The van der Waals surface area contributed by atoms with E-state index < -0.39 is 24.4 Å². The highest BCUT2D eigenvalue weighted by Crippen LogP contribution is 2.37. The van der Waals surface area contributed by atoms with Gasteiger partial charge in [-0.15, -0.1) is 0 Å². The maximum absolute atomic E-state index is 12.7. The lowest BCUT2D eigenvalue weighted by atomic mass is 9.91. The second-order valence-electron chi connectivity index (χ2n) is 3.78. The third-order valence-electron chi connectivity index (χ3n) is 2.73. The maximum atomic E-state index is 12.7. The van der Waals surface area contributed by atoms with E-state index in [1.54, 1.807) is 18.2 Å². The van der Waals surface area contributed by atoms with Gasteiger partial charge in [0, 0.05) is 10.0 Å². The Balaban J connectivity index is 2.40. The van der Waals surface area contributed by atoms with Crippen molar-refractivity contribution in [2.45, 2.75) is 19.0 Å². The van der Waals surface area contributed by atoms with Crippen molar-refractivity contribution >= 4 is 21.9 Å². The van der Waals surface area contributed by atoms with Gasteiger partial charge in [-0.1, -0.05) is 22.0 Å². The molecule has 1 aromatic carbocycles. The number of carboxylic acid groups (broad SMARTS) is 1. The fourth-order valence-electron chi connectivity index (χ4n) is 1.87. The minimum absolute atomic E-state index is 0.0428. The number of alkyl halides is 2. The van der Waals surface area contributed by atoms with Gasteiger partial charge in [0.05, 0.1) is 0 Å². The minimum atomic E-state index is -2.82. The molecule has 1 aromatic rings. The molecule has 0 spiro atoms. The molecule has 0 aromatic heterocycles. The van der Waals surface area contributed by atoms with Gasteiger partial charge < -0.3 is 9.84 Å². The summed E-state index contributed by atoms with van der Waals surface area (Å²) in [5.41, 5.74) is 0.622. The minimum Gasteiger partial charge on any atom is -0.483 e. The fraction of sp³-hybridized carbons (Fsp3) is 0.364. The molecule has 2 unspecified atom stereocenters. The fourth-order valence-corrected chi connectivity index (χ4v) is 2.38. The Morgan fingerprint density at radius 2 is 2.24 bits per heavy atom. The number of hydrogen-bond donors (Lipinski definition) is 1. The van der Waals surface area contributed by atoms with Gasteiger partial charge in [-0.25, -0.2) is 8.78 Å². The largest absolute Gasteiger partial charge is 0.483 e. The van der Waals surface area contributed by atoms with Crippen molar-refractivity contribution in [3.63, 3.8) is 0 Å². The zero-order valence-electron chi connectivity index (χ0n) is 8.57. The van der Waals surface area contributed by atoms with E-state index in [9.17, 15) is 13.6 Å². The predicted molar refractivity (Wildman–Crippen MR) is 59.4 cm³/mol. The van der Waals surface area contributed by atoms with Gasteiger partial charge in [0.2, 0.25) is 0 Å². The van der Waals surface area contributed by atoms with Crippen LogP contribution in [-0.4, -0.2) is 23.6 Å². The summed E-state index contributed by atoms with van der Waals surface area (Å²) in [7, 11) is 0. The van der Waals surface area contributed by atoms with Crippen molar-refractivity contribution in [2.75, 3.05) is 0 Å². The van der Waals surface area contributed by atoms with E-state index >= 15 is 0 Å². The first-order valence-corrected chi connectivity index (χ1v) is 5.75. The Labute approximate surface area is 105 Å². The molecule has 0 radical (unpaired) electrons. The molecule has 6 heteroatoms. The molecule has 0 amide bonds. The van der Waals surface area contributed by atoms with Crippen LogP contribution in [0.5, 0.6) is 5.75 Å². The molecule has 0 saturated heterocycles. The normalized spacial score (nSPS) is 23.1. The SMILES string of the molecule is O=C(O)C1Cc2c(Br)cccc2OC1C(F)F. The Hall–Kier alpha value is -1.17. The smallest absolute Gasteiger partial charge is 0.310 e. The summed E-state index contributed by atoms with van der Waals surface area (Å²) < 4.78 is 31.2. The van der Waals surface area contributed by atoms with E-state index in [4.69, 9.17) is 9.84 Å². The molecule has 0 fully saturated rings. The van der Waals surface area contributed by atoms with E-state index in [1.165, 1.54) is 0 Å². The molecule has 1 aliphatic heterocycles. The number of halogens is 3. The van der Waals surface area contributed by atoms with E-state index in [2.05, 4.69) is 15.9 Å². The highest BCUT2D eigenvalue weighted by molar-refractivity contribution is 9.10. The molecule has 0 saturated carbocycles. The number of hydrogen-bond acceptors (Lipinski definition) is 2. The van der Waals surface area contributed by atoms with E-state index in [-0.39, 0.29) is 6.42 Å². The first-order chi connectivity index (χ1) is 8.00. The molecular weight excluding hydrogens is 298 g/mol. The zero-order chi connectivity index (χ0) is 12.6. The summed E-state index contributed by atoms with van der Waals surface area (Å²) in [6.45, 7) is 0. The van der Waals surface area contributed by atoms with Gasteiger partial charge in [-0.3, -0.25) is 4.79 Å². The molecule has 3 nitrogen and oxygen atoms in total. The lowest BCUT2D eigenvalue weighted by Gasteiger charge is -2.31.